The monoisotopic (exact) mass is 238 g/mol. The van der Waals surface area contributed by atoms with Gasteiger partial charge in [-0.15, -0.1) is 0 Å². The molecule has 0 unspecified atom stereocenters. The molecule has 0 atom stereocenters. The fourth-order valence-electron chi connectivity index (χ4n) is 1.37. The molecule has 2 nitrogen and oxygen atoms in total. The lowest BCUT2D eigenvalue weighted by Gasteiger charge is -2.06. The molecule has 1 heterocycles. The summed E-state index contributed by atoms with van der Waals surface area (Å²) in [5, 5.41) is 1.15. The molecule has 0 saturated heterocycles. The largest absolute Gasteiger partial charge is 0.236 e. The van der Waals surface area contributed by atoms with Crippen molar-refractivity contribution in [3.63, 3.8) is 0 Å². The maximum absolute atomic E-state index is 6.03. The Morgan fingerprint density at radius 2 is 1.93 bits per heavy atom. The number of rotatable bonds is 1. The van der Waals surface area contributed by atoms with Gasteiger partial charge in [0.2, 0.25) is 0 Å². The Hall–Kier alpha value is -1.12. The van der Waals surface area contributed by atoms with Crippen molar-refractivity contribution in [2.45, 2.75) is 6.92 Å². The molecule has 0 N–H and O–H groups in total. The third kappa shape index (κ3) is 2.11. The van der Waals surface area contributed by atoms with E-state index in [-0.39, 0.29) is 0 Å². The maximum Gasteiger partial charge on any atom is 0.133 e. The van der Waals surface area contributed by atoms with Gasteiger partial charge < -0.3 is 0 Å². The molecule has 0 amide bonds. The van der Waals surface area contributed by atoms with Gasteiger partial charge in [-0.1, -0.05) is 35.3 Å². The Balaban J connectivity index is 2.59. The minimum absolute atomic E-state index is 0.430. The molecule has 0 radical (unpaired) electrons. The van der Waals surface area contributed by atoms with Crippen LogP contribution in [0.1, 0.15) is 5.56 Å². The van der Waals surface area contributed by atoms with Crippen LogP contribution in [0.2, 0.25) is 10.2 Å². The fourth-order valence-corrected chi connectivity index (χ4v) is 1.69. The van der Waals surface area contributed by atoms with Crippen LogP contribution in [0.5, 0.6) is 0 Å². The summed E-state index contributed by atoms with van der Waals surface area (Å²) in [6.45, 7) is 1.95. The van der Waals surface area contributed by atoms with Crippen molar-refractivity contribution < 1.29 is 0 Å². The van der Waals surface area contributed by atoms with E-state index in [2.05, 4.69) is 9.97 Å². The van der Waals surface area contributed by atoms with Crippen LogP contribution in [0, 0.1) is 6.92 Å². The van der Waals surface area contributed by atoms with E-state index in [1.54, 1.807) is 6.07 Å². The molecule has 0 fully saturated rings. The van der Waals surface area contributed by atoms with E-state index in [9.17, 15) is 0 Å². The van der Waals surface area contributed by atoms with E-state index in [4.69, 9.17) is 23.2 Å². The highest BCUT2D eigenvalue weighted by molar-refractivity contribution is 6.31. The van der Waals surface area contributed by atoms with Gasteiger partial charge in [0.1, 0.15) is 11.5 Å². The summed E-state index contributed by atoms with van der Waals surface area (Å²) in [4.78, 5) is 8.00. The molecule has 2 rings (SSSR count). The highest BCUT2D eigenvalue weighted by atomic mass is 35.5. The maximum atomic E-state index is 6.03. The van der Waals surface area contributed by atoms with Crippen LogP contribution in [0.15, 0.2) is 30.6 Å². The summed E-state index contributed by atoms with van der Waals surface area (Å²) in [6.07, 6.45) is 1.44. The van der Waals surface area contributed by atoms with Crippen LogP contribution in [-0.2, 0) is 0 Å². The second-order valence-electron chi connectivity index (χ2n) is 3.14. The Kier molecular flexibility index (Phi) is 2.89. The topological polar surface area (TPSA) is 25.8 Å². The van der Waals surface area contributed by atoms with Gasteiger partial charge in [0.25, 0.3) is 0 Å². The van der Waals surface area contributed by atoms with E-state index in [1.807, 2.05) is 25.1 Å². The quantitative estimate of drug-likeness (QED) is 0.708. The smallest absolute Gasteiger partial charge is 0.133 e. The molecule has 0 bridgehead atoms. The Bertz CT molecular complexity index is 498. The summed E-state index contributed by atoms with van der Waals surface area (Å²) < 4.78 is 0. The van der Waals surface area contributed by atoms with Crippen LogP contribution >= 0.6 is 23.2 Å². The SMILES string of the molecule is Cc1c(Cl)cccc1-c1cc(Cl)ncn1. The van der Waals surface area contributed by atoms with Gasteiger partial charge in [-0.05, 0) is 18.6 Å². The lowest BCUT2D eigenvalue weighted by atomic mass is 10.1. The van der Waals surface area contributed by atoms with Gasteiger partial charge in [0.05, 0.1) is 5.69 Å². The molecule has 1 aromatic heterocycles. The Labute approximate surface area is 97.9 Å². The molecule has 2 aromatic rings. The van der Waals surface area contributed by atoms with E-state index >= 15 is 0 Å². The second-order valence-corrected chi connectivity index (χ2v) is 3.93. The molecular weight excluding hydrogens is 231 g/mol. The van der Waals surface area contributed by atoms with Crippen LogP contribution in [0.25, 0.3) is 11.3 Å². The average molecular weight is 239 g/mol. The number of aromatic nitrogens is 2. The predicted octanol–water partition coefficient (Wildman–Crippen LogP) is 3.76. The lowest BCUT2D eigenvalue weighted by Crippen LogP contribution is -1.89. The first-order valence-electron chi connectivity index (χ1n) is 4.41. The molecule has 15 heavy (non-hydrogen) atoms. The van der Waals surface area contributed by atoms with Gasteiger partial charge in [0.15, 0.2) is 0 Å². The molecule has 0 saturated carbocycles. The molecule has 0 spiro atoms. The molecular formula is C11H8Cl2N2. The number of hydrogen-bond acceptors (Lipinski definition) is 2. The van der Waals surface area contributed by atoms with E-state index in [1.165, 1.54) is 6.33 Å². The second kappa shape index (κ2) is 4.17. The summed E-state index contributed by atoms with van der Waals surface area (Å²) in [5.41, 5.74) is 2.76. The molecule has 0 aliphatic heterocycles. The summed E-state index contributed by atoms with van der Waals surface area (Å²) in [7, 11) is 0. The highest BCUT2D eigenvalue weighted by Gasteiger charge is 2.06. The van der Waals surface area contributed by atoms with Crippen LogP contribution in [0.3, 0.4) is 0 Å². The third-order valence-electron chi connectivity index (χ3n) is 2.18. The van der Waals surface area contributed by atoms with Crippen LogP contribution in [0.4, 0.5) is 0 Å². The predicted molar refractivity (Wildman–Crippen MR) is 62.2 cm³/mol. The van der Waals surface area contributed by atoms with Gasteiger partial charge >= 0.3 is 0 Å². The van der Waals surface area contributed by atoms with Gasteiger partial charge in [-0.2, -0.15) is 0 Å². The standard InChI is InChI=1S/C11H8Cl2N2/c1-7-8(3-2-4-9(7)12)10-5-11(13)15-6-14-10/h2-6H,1H3. The zero-order valence-corrected chi connectivity index (χ0v) is 9.55. The third-order valence-corrected chi connectivity index (χ3v) is 2.79. The van der Waals surface area contributed by atoms with E-state index in [0.717, 1.165) is 21.8 Å². The molecule has 1 aromatic carbocycles. The Morgan fingerprint density at radius 3 is 2.67 bits per heavy atom. The first-order chi connectivity index (χ1) is 7.18. The van der Waals surface area contributed by atoms with Crippen molar-refractivity contribution in [3.8, 4) is 11.3 Å². The van der Waals surface area contributed by atoms with E-state index in [0.29, 0.717) is 5.15 Å². The molecule has 76 valence electrons. The van der Waals surface area contributed by atoms with Crippen molar-refractivity contribution in [2.75, 3.05) is 0 Å². The number of halogens is 2. The van der Waals surface area contributed by atoms with Gasteiger partial charge in [0, 0.05) is 16.7 Å². The highest BCUT2D eigenvalue weighted by Crippen LogP contribution is 2.27. The fraction of sp³-hybridized carbons (Fsp3) is 0.0909. The van der Waals surface area contributed by atoms with Crippen molar-refractivity contribution in [1.82, 2.24) is 9.97 Å². The normalized spacial score (nSPS) is 10.3. The minimum Gasteiger partial charge on any atom is -0.236 e. The summed E-state index contributed by atoms with van der Waals surface area (Å²) >= 11 is 11.8. The van der Waals surface area contributed by atoms with Crippen LogP contribution < -0.4 is 0 Å². The lowest BCUT2D eigenvalue weighted by molar-refractivity contribution is 1.17. The molecule has 4 heteroatoms. The zero-order valence-electron chi connectivity index (χ0n) is 8.04. The number of hydrogen-bond donors (Lipinski definition) is 0. The van der Waals surface area contributed by atoms with Gasteiger partial charge in [-0.3, -0.25) is 0 Å². The zero-order chi connectivity index (χ0) is 10.8. The van der Waals surface area contributed by atoms with Crippen molar-refractivity contribution >= 4 is 23.2 Å². The molecule has 0 aliphatic rings. The molecule has 0 aliphatic carbocycles. The van der Waals surface area contributed by atoms with Crippen LogP contribution in [-0.4, -0.2) is 9.97 Å². The first kappa shape index (κ1) is 10.4. The van der Waals surface area contributed by atoms with Crippen molar-refractivity contribution in [2.24, 2.45) is 0 Å². The van der Waals surface area contributed by atoms with Crippen molar-refractivity contribution in [1.29, 1.82) is 0 Å². The van der Waals surface area contributed by atoms with Crippen molar-refractivity contribution in [3.05, 3.63) is 46.3 Å². The number of benzene rings is 1. The minimum atomic E-state index is 0.430. The first-order valence-corrected chi connectivity index (χ1v) is 5.17. The summed E-state index contributed by atoms with van der Waals surface area (Å²) in [6, 6.07) is 7.42. The Morgan fingerprint density at radius 1 is 1.13 bits per heavy atom. The number of nitrogens with zero attached hydrogens (tertiary/aromatic N) is 2. The average Bonchev–Trinajstić information content (AvgIpc) is 2.22. The van der Waals surface area contributed by atoms with Gasteiger partial charge in [-0.25, -0.2) is 9.97 Å². The summed E-state index contributed by atoms with van der Waals surface area (Å²) in [5.74, 6) is 0. The van der Waals surface area contributed by atoms with E-state index < -0.39 is 0 Å².